The summed E-state index contributed by atoms with van der Waals surface area (Å²) >= 11 is 0. The lowest BCUT2D eigenvalue weighted by molar-refractivity contribution is 0.0700. The van der Waals surface area contributed by atoms with Crippen LogP contribution in [0.4, 0.5) is 5.82 Å². The topological polar surface area (TPSA) is 65.5 Å². The first-order chi connectivity index (χ1) is 13.6. The Hall–Kier alpha value is -2.89. The molecule has 1 N–H and O–H groups in total. The number of rotatable bonds is 4. The van der Waals surface area contributed by atoms with Crippen LogP contribution in [-0.2, 0) is 0 Å². The van der Waals surface area contributed by atoms with Crippen LogP contribution < -0.4 is 5.32 Å². The Morgan fingerprint density at radius 2 is 1.76 bits per heavy atom. The van der Waals surface area contributed by atoms with Crippen molar-refractivity contribution in [3.63, 3.8) is 0 Å². The van der Waals surface area contributed by atoms with Gasteiger partial charge in [0.2, 0.25) is 0 Å². The fourth-order valence-electron chi connectivity index (χ4n) is 3.47. The van der Waals surface area contributed by atoms with Gasteiger partial charge < -0.3 is 15.1 Å². The van der Waals surface area contributed by atoms with Crippen molar-refractivity contribution >= 4 is 17.6 Å². The summed E-state index contributed by atoms with van der Waals surface area (Å²) < 4.78 is 0. The summed E-state index contributed by atoms with van der Waals surface area (Å²) in [6.07, 6.45) is 2.39. The summed E-state index contributed by atoms with van der Waals surface area (Å²) in [7, 11) is 1.81. The van der Waals surface area contributed by atoms with Crippen molar-refractivity contribution in [2.75, 3.05) is 25.5 Å². The van der Waals surface area contributed by atoms with Gasteiger partial charge in [0.25, 0.3) is 11.8 Å². The van der Waals surface area contributed by atoms with Crippen LogP contribution in [0.3, 0.4) is 0 Å². The lowest BCUT2D eigenvalue weighted by atomic mass is 10.1. The van der Waals surface area contributed by atoms with E-state index in [9.17, 15) is 9.59 Å². The molecule has 1 atom stereocenters. The van der Waals surface area contributed by atoms with Crippen LogP contribution in [0, 0.1) is 6.92 Å². The number of amides is 2. The fourth-order valence-corrected chi connectivity index (χ4v) is 3.47. The predicted octanol–water partition coefficient (Wildman–Crippen LogP) is 3.59. The van der Waals surface area contributed by atoms with E-state index in [1.54, 1.807) is 22.1 Å². The third-order valence-electron chi connectivity index (χ3n) is 5.13. The van der Waals surface area contributed by atoms with Crippen LogP contribution in [0.2, 0.25) is 0 Å². The van der Waals surface area contributed by atoms with Crippen LogP contribution >= 0.6 is 0 Å². The summed E-state index contributed by atoms with van der Waals surface area (Å²) in [6, 6.07) is 11.2. The number of hydrogen-bond donors (Lipinski definition) is 1. The number of pyridine rings is 1. The third kappa shape index (κ3) is 5.13. The van der Waals surface area contributed by atoms with E-state index < -0.39 is 0 Å². The molecule has 0 aliphatic carbocycles. The van der Waals surface area contributed by atoms with Gasteiger partial charge in [0.05, 0.1) is 11.6 Å². The van der Waals surface area contributed by atoms with Crippen molar-refractivity contribution in [3.8, 4) is 0 Å². The monoisotopic (exact) mass is 394 g/mol. The Morgan fingerprint density at radius 3 is 2.34 bits per heavy atom. The van der Waals surface area contributed by atoms with E-state index in [2.05, 4.69) is 31.1 Å². The molecule has 0 spiro atoms. The van der Waals surface area contributed by atoms with E-state index in [1.165, 1.54) is 0 Å². The van der Waals surface area contributed by atoms with Gasteiger partial charge >= 0.3 is 0 Å². The number of anilines is 1. The van der Waals surface area contributed by atoms with E-state index >= 15 is 0 Å². The number of carbonyl (C=O) groups is 2. The zero-order chi connectivity index (χ0) is 21.2. The molecule has 6 heteroatoms. The molecule has 2 heterocycles. The summed E-state index contributed by atoms with van der Waals surface area (Å²) in [5.74, 6) is 0.693. The first-order valence-corrected chi connectivity index (χ1v) is 10.0. The van der Waals surface area contributed by atoms with Gasteiger partial charge in [-0.15, -0.1) is 0 Å². The number of aryl methyl sites for hydroxylation is 1. The highest BCUT2D eigenvalue weighted by molar-refractivity contribution is 5.95. The lowest BCUT2D eigenvalue weighted by Gasteiger charge is -2.25. The van der Waals surface area contributed by atoms with E-state index in [1.807, 2.05) is 44.3 Å². The molecule has 0 bridgehead atoms. The highest BCUT2D eigenvalue weighted by atomic mass is 16.2. The standard InChI is InChI=1S/C23H30N4O2/c1-16-6-8-17(9-7-16)21(28)26(5)19-12-13-27(15-19)22(29)18-10-11-20(24-14-18)25-23(2,3)4/h6-11,14,19H,12-13,15H2,1-5H3,(H,24,25)/t19-/m0/s1. The maximum atomic E-state index is 12.9. The second-order valence-corrected chi connectivity index (χ2v) is 8.78. The molecule has 0 unspecified atom stereocenters. The molecule has 29 heavy (non-hydrogen) atoms. The number of carbonyl (C=O) groups excluding carboxylic acids is 2. The molecule has 2 amide bonds. The molecular weight excluding hydrogens is 364 g/mol. The molecule has 1 aromatic carbocycles. The number of nitrogens with zero attached hydrogens (tertiary/aromatic N) is 3. The van der Waals surface area contributed by atoms with Gasteiger partial charge in [0.15, 0.2) is 0 Å². The number of aromatic nitrogens is 1. The van der Waals surface area contributed by atoms with Crippen LogP contribution in [0.15, 0.2) is 42.6 Å². The average Bonchev–Trinajstić information content (AvgIpc) is 3.16. The number of likely N-dealkylation sites (N-methyl/N-ethyl adjacent to an activating group) is 1. The van der Waals surface area contributed by atoms with Crippen molar-refractivity contribution in [2.45, 2.75) is 45.7 Å². The van der Waals surface area contributed by atoms with Gasteiger partial charge in [0, 0.05) is 37.4 Å². The quantitative estimate of drug-likeness (QED) is 0.861. The fraction of sp³-hybridized carbons (Fsp3) is 0.435. The van der Waals surface area contributed by atoms with Crippen molar-refractivity contribution < 1.29 is 9.59 Å². The first kappa shape index (κ1) is 20.8. The molecule has 1 fully saturated rings. The molecule has 1 aliphatic heterocycles. The van der Waals surface area contributed by atoms with Gasteiger partial charge in [-0.25, -0.2) is 4.98 Å². The smallest absolute Gasteiger partial charge is 0.255 e. The maximum absolute atomic E-state index is 12.9. The number of benzene rings is 1. The summed E-state index contributed by atoms with van der Waals surface area (Å²) in [4.78, 5) is 33.5. The van der Waals surface area contributed by atoms with Crippen LogP contribution in [0.25, 0.3) is 0 Å². The Morgan fingerprint density at radius 1 is 1.10 bits per heavy atom. The molecule has 0 saturated carbocycles. The Labute approximate surface area is 172 Å². The third-order valence-corrected chi connectivity index (χ3v) is 5.13. The number of likely N-dealkylation sites (tertiary alicyclic amines) is 1. The van der Waals surface area contributed by atoms with Crippen molar-refractivity contribution in [2.24, 2.45) is 0 Å². The molecule has 6 nitrogen and oxygen atoms in total. The van der Waals surface area contributed by atoms with E-state index in [0.29, 0.717) is 24.2 Å². The second-order valence-electron chi connectivity index (χ2n) is 8.78. The number of hydrogen-bond acceptors (Lipinski definition) is 4. The maximum Gasteiger partial charge on any atom is 0.255 e. The van der Waals surface area contributed by atoms with Gasteiger partial charge in [-0.05, 0) is 58.4 Å². The average molecular weight is 395 g/mol. The van der Waals surface area contributed by atoms with E-state index in [-0.39, 0.29) is 23.4 Å². The molecule has 1 saturated heterocycles. The summed E-state index contributed by atoms with van der Waals surface area (Å²) in [5, 5.41) is 3.29. The normalized spacial score (nSPS) is 16.6. The van der Waals surface area contributed by atoms with Crippen molar-refractivity contribution in [1.82, 2.24) is 14.8 Å². The first-order valence-electron chi connectivity index (χ1n) is 10.0. The highest BCUT2D eigenvalue weighted by Gasteiger charge is 2.31. The van der Waals surface area contributed by atoms with Gasteiger partial charge in [-0.1, -0.05) is 17.7 Å². The van der Waals surface area contributed by atoms with Crippen molar-refractivity contribution in [1.29, 1.82) is 0 Å². The van der Waals surface area contributed by atoms with Crippen LogP contribution in [-0.4, -0.2) is 58.3 Å². The highest BCUT2D eigenvalue weighted by Crippen LogP contribution is 2.20. The second kappa shape index (κ2) is 8.23. The Bertz CT molecular complexity index is 869. The van der Waals surface area contributed by atoms with E-state index in [0.717, 1.165) is 17.8 Å². The minimum Gasteiger partial charge on any atom is -0.365 e. The SMILES string of the molecule is Cc1ccc(C(=O)N(C)[C@H]2CCN(C(=O)c3ccc(NC(C)(C)C)nc3)C2)cc1. The molecule has 3 rings (SSSR count). The molecule has 2 aromatic rings. The molecule has 1 aliphatic rings. The minimum absolute atomic E-state index is 0.0106. The zero-order valence-corrected chi connectivity index (χ0v) is 17.9. The molecule has 1 aromatic heterocycles. The summed E-state index contributed by atoms with van der Waals surface area (Å²) in [6.45, 7) is 9.36. The number of nitrogens with one attached hydrogen (secondary N) is 1. The Balaban J connectivity index is 1.61. The van der Waals surface area contributed by atoms with Gasteiger partial charge in [-0.2, -0.15) is 0 Å². The molecule has 154 valence electrons. The minimum atomic E-state index is -0.0880. The van der Waals surface area contributed by atoms with Crippen LogP contribution in [0.1, 0.15) is 53.5 Å². The lowest BCUT2D eigenvalue weighted by Crippen LogP contribution is -2.40. The van der Waals surface area contributed by atoms with Gasteiger partial charge in [-0.3, -0.25) is 9.59 Å². The zero-order valence-electron chi connectivity index (χ0n) is 17.9. The molecular formula is C23H30N4O2. The van der Waals surface area contributed by atoms with Crippen molar-refractivity contribution in [3.05, 3.63) is 59.3 Å². The van der Waals surface area contributed by atoms with Gasteiger partial charge in [0.1, 0.15) is 5.82 Å². The van der Waals surface area contributed by atoms with E-state index in [4.69, 9.17) is 0 Å². The predicted molar refractivity (Wildman–Crippen MR) is 115 cm³/mol. The summed E-state index contributed by atoms with van der Waals surface area (Å²) in [5.41, 5.74) is 2.28. The largest absolute Gasteiger partial charge is 0.365 e. The molecule has 0 radical (unpaired) electrons. The Kier molecular flexibility index (Phi) is 5.91. The van der Waals surface area contributed by atoms with Crippen LogP contribution in [0.5, 0.6) is 0 Å².